The summed E-state index contributed by atoms with van der Waals surface area (Å²) in [7, 11) is 0. The van der Waals surface area contributed by atoms with Gasteiger partial charge < -0.3 is 9.47 Å². The maximum Gasteiger partial charge on any atom is 0.311 e. The summed E-state index contributed by atoms with van der Waals surface area (Å²) in [4.78, 5) is 28.5. The summed E-state index contributed by atoms with van der Waals surface area (Å²) in [5.74, 6) is -1.37. The number of allylic oxidation sites excluding steroid dienone is 6. The van der Waals surface area contributed by atoms with Crippen molar-refractivity contribution in [3.05, 3.63) is 60.8 Å². The van der Waals surface area contributed by atoms with Gasteiger partial charge in [0.05, 0.1) is 11.8 Å². The molecule has 0 aromatic heterocycles. The second kappa shape index (κ2) is 12.0. The number of carbonyl (C=O) groups is 2. The van der Waals surface area contributed by atoms with Crippen LogP contribution >= 0.6 is 0 Å². The van der Waals surface area contributed by atoms with Gasteiger partial charge in [-0.15, -0.1) is 0 Å². The highest BCUT2D eigenvalue weighted by Gasteiger charge is 2.63. The molecule has 4 aliphatic carbocycles. The highest BCUT2D eigenvalue weighted by Crippen LogP contribution is 2.61. The molecule has 214 valence electrons. The Morgan fingerprint density at radius 3 is 1.38 bits per heavy atom. The molecule has 0 saturated heterocycles. The van der Waals surface area contributed by atoms with E-state index in [1.807, 2.05) is 12.2 Å². The van der Waals surface area contributed by atoms with Crippen LogP contribution in [0.1, 0.15) is 92.9 Å². The van der Waals surface area contributed by atoms with Crippen LogP contribution in [0.5, 0.6) is 0 Å². The second-order valence-corrected chi connectivity index (χ2v) is 12.8. The Labute approximate surface area is 236 Å². The lowest BCUT2D eigenvalue weighted by Crippen LogP contribution is -2.47. The first-order valence-electron chi connectivity index (χ1n) is 15.6. The number of ether oxygens (including phenoxy) is 2. The van der Waals surface area contributed by atoms with Crippen LogP contribution < -0.4 is 0 Å². The first-order chi connectivity index (χ1) is 18.7. The fourth-order valence-corrected chi connectivity index (χ4v) is 8.02. The molecule has 2 bridgehead atoms. The molecule has 8 unspecified atom stereocenters. The first kappa shape index (κ1) is 29.6. The summed E-state index contributed by atoms with van der Waals surface area (Å²) in [5.41, 5.74) is -1.53. The van der Waals surface area contributed by atoms with E-state index in [9.17, 15) is 9.59 Å². The number of hydrogen-bond donors (Lipinski definition) is 0. The molecule has 0 N–H and O–H groups in total. The van der Waals surface area contributed by atoms with E-state index in [0.29, 0.717) is 0 Å². The largest absolute Gasteiger partial charge is 0.454 e. The van der Waals surface area contributed by atoms with Gasteiger partial charge in [-0.1, -0.05) is 116 Å². The lowest BCUT2D eigenvalue weighted by atomic mass is 9.76. The summed E-state index contributed by atoms with van der Waals surface area (Å²) in [6.45, 7) is 13.0. The van der Waals surface area contributed by atoms with Gasteiger partial charge in [0, 0.05) is 11.8 Å². The fraction of sp³-hybridized carbons (Fsp3) is 0.657. The van der Waals surface area contributed by atoms with Crippen molar-refractivity contribution in [3.63, 3.8) is 0 Å². The molecule has 0 aromatic rings. The monoisotopic (exact) mass is 534 g/mol. The third-order valence-electron chi connectivity index (χ3n) is 9.93. The highest BCUT2D eigenvalue weighted by atomic mass is 16.6. The molecule has 0 radical (unpaired) electrons. The molecule has 0 heterocycles. The van der Waals surface area contributed by atoms with Crippen molar-refractivity contribution >= 4 is 11.9 Å². The maximum atomic E-state index is 14.3. The van der Waals surface area contributed by atoms with Crippen molar-refractivity contribution in [2.24, 2.45) is 40.9 Å². The molecule has 4 aliphatic rings. The summed E-state index contributed by atoms with van der Waals surface area (Å²) < 4.78 is 13.1. The number of esters is 2. The SMILES string of the molecule is CCCC1C=CC=CC1(CCC)OC(=O)C1C(C(=O)OC2(CCC)C=CC=CC2CCC)C2C=CC1C2(C)C. The highest BCUT2D eigenvalue weighted by molar-refractivity contribution is 5.85. The topological polar surface area (TPSA) is 52.6 Å². The zero-order chi connectivity index (χ0) is 28.3. The molecule has 4 heteroatoms. The van der Waals surface area contributed by atoms with E-state index in [2.05, 4.69) is 90.2 Å². The smallest absolute Gasteiger partial charge is 0.311 e. The van der Waals surface area contributed by atoms with Crippen LogP contribution in [0.3, 0.4) is 0 Å². The van der Waals surface area contributed by atoms with Gasteiger partial charge in [-0.25, -0.2) is 0 Å². The minimum Gasteiger partial charge on any atom is -0.454 e. The Kier molecular flexibility index (Phi) is 9.13. The molecule has 0 amide bonds. The summed E-state index contributed by atoms with van der Waals surface area (Å²) in [6.07, 6.45) is 28.3. The minimum atomic E-state index is -0.659. The Morgan fingerprint density at radius 1 is 0.615 bits per heavy atom. The molecule has 1 saturated carbocycles. The molecule has 0 aromatic carbocycles. The number of carbonyl (C=O) groups excluding carboxylic acids is 2. The average molecular weight is 535 g/mol. The van der Waals surface area contributed by atoms with Crippen molar-refractivity contribution in [1.29, 1.82) is 0 Å². The van der Waals surface area contributed by atoms with Crippen LogP contribution in [0.15, 0.2) is 60.8 Å². The molecule has 0 aliphatic heterocycles. The van der Waals surface area contributed by atoms with Gasteiger partial charge in [-0.05, 0) is 55.1 Å². The van der Waals surface area contributed by atoms with E-state index in [0.717, 1.165) is 51.4 Å². The van der Waals surface area contributed by atoms with Crippen molar-refractivity contribution in [1.82, 2.24) is 0 Å². The van der Waals surface area contributed by atoms with Crippen LogP contribution in [0.2, 0.25) is 0 Å². The van der Waals surface area contributed by atoms with Gasteiger partial charge >= 0.3 is 11.9 Å². The quantitative estimate of drug-likeness (QED) is 0.187. The van der Waals surface area contributed by atoms with Crippen LogP contribution in [0.4, 0.5) is 0 Å². The fourth-order valence-electron chi connectivity index (χ4n) is 8.02. The van der Waals surface area contributed by atoms with E-state index < -0.39 is 23.0 Å². The van der Waals surface area contributed by atoms with Gasteiger partial charge in [0.2, 0.25) is 0 Å². The summed E-state index contributed by atoms with van der Waals surface area (Å²) in [6, 6.07) is 0. The molecular formula is C35H50O4. The molecule has 4 rings (SSSR count). The Hall–Kier alpha value is -2.36. The van der Waals surface area contributed by atoms with Gasteiger partial charge in [0.1, 0.15) is 11.2 Å². The predicted molar refractivity (Wildman–Crippen MR) is 158 cm³/mol. The average Bonchev–Trinajstić information content (AvgIpc) is 3.32. The van der Waals surface area contributed by atoms with Crippen molar-refractivity contribution in [2.45, 2.75) is 104 Å². The van der Waals surface area contributed by atoms with Crippen LogP contribution in [0.25, 0.3) is 0 Å². The van der Waals surface area contributed by atoms with E-state index in [4.69, 9.17) is 9.47 Å². The van der Waals surface area contributed by atoms with Crippen LogP contribution in [-0.4, -0.2) is 23.1 Å². The molecule has 8 atom stereocenters. The van der Waals surface area contributed by atoms with Crippen molar-refractivity contribution in [3.8, 4) is 0 Å². The zero-order valence-corrected chi connectivity index (χ0v) is 25.0. The molecule has 39 heavy (non-hydrogen) atoms. The summed E-state index contributed by atoms with van der Waals surface area (Å²) in [5, 5.41) is 0. The Balaban J connectivity index is 1.65. The molecule has 4 nitrogen and oxygen atoms in total. The normalized spacial score (nSPS) is 37.4. The summed E-state index contributed by atoms with van der Waals surface area (Å²) >= 11 is 0. The van der Waals surface area contributed by atoms with E-state index in [-0.39, 0.29) is 41.0 Å². The van der Waals surface area contributed by atoms with Crippen molar-refractivity contribution in [2.75, 3.05) is 0 Å². The molecule has 0 spiro atoms. The lowest BCUT2D eigenvalue weighted by Gasteiger charge is -2.41. The van der Waals surface area contributed by atoms with E-state index in [1.54, 1.807) is 0 Å². The molecule has 1 fully saturated rings. The third kappa shape index (κ3) is 5.37. The van der Waals surface area contributed by atoms with E-state index in [1.165, 1.54) is 0 Å². The third-order valence-corrected chi connectivity index (χ3v) is 9.93. The van der Waals surface area contributed by atoms with Crippen LogP contribution in [0, 0.1) is 40.9 Å². The number of rotatable bonds is 12. The van der Waals surface area contributed by atoms with Gasteiger partial charge in [-0.2, -0.15) is 0 Å². The lowest BCUT2D eigenvalue weighted by molar-refractivity contribution is -0.178. The second-order valence-electron chi connectivity index (χ2n) is 12.8. The number of hydrogen-bond acceptors (Lipinski definition) is 4. The Morgan fingerprint density at radius 2 is 1.03 bits per heavy atom. The maximum absolute atomic E-state index is 14.3. The zero-order valence-electron chi connectivity index (χ0n) is 25.0. The van der Waals surface area contributed by atoms with Crippen molar-refractivity contribution < 1.29 is 19.1 Å². The van der Waals surface area contributed by atoms with E-state index >= 15 is 0 Å². The van der Waals surface area contributed by atoms with Gasteiger partial charge in [0.15, 0.2) is 0 Å². The predicted octanol–water partition coefficient (Wildman–Crippen LogP) is 8.31. The number of fused-ring (bicyclic) bond motifs is 2. The minimum absolute atomic E-state index is 0.0469. The Bertz CT molecular complexity index is 965. The molecular weight excluding hydrogens is 484 g/mol. The van der Waals surface area contributed by atoms with Crippen LogP contribution in [-0.2, 0) is 19.1 Å². The standard InChI is InChI=1S/C35H50O4/c1-7-15-25-17-11-13-23-34(25,21-9-3)38-31(36)29-27-19-20-28(33(27,5)6)30(29)32(37)39-35(22-10-4)24-14-12-18-26(35)16-8-2/h11-14,17-20,23-30H,7-10,15-16,21-22H2,1-6H3. The first-order valence-corrected chi connectivity index (χ1v) is 15.6. The van der Waals surface area contributed by atoms with Gasteiger partial charge in [-0.3, -0.25) is 9.59 Å². The van der Waals surface area contributed by atoms with Gasteiger partial charge in [0.25, 0.3) is 0 Å².